The van der Waals surface area contributed by atoms with Crippen LogP contribution in [0.4, 0.5) is 5.69 Å². The summed E-state index contributed by atoms with van der Waals surface area (Å²) in [6.45, 7) is 3.44. The number of nitrogens with two attached hydrogens (primary N) is 1. The van der Waals surface area contributed by atoms with Crippen molar-refractivity contribution >= 4 is 30.5 Å². The van der Waals surface area contributed by atoms with Crippen molar-refractivity contribution in [1.82, 2.24) is 0 Å². The lowest BCUT2D eigenvalue weighted by Crippen LogP contribution is -2.08. The molecule has 4 heteroatoms. The second kappa shape index (κ2) is 3.97. The van der Waals surface area contributed by atoms with Crippen molar-refractivity contribution in [1.29, 1.82) is 0 Å². The Morgan fingerprint density at radius 3 is 2.08 bits per heavy atom. The zero-order valence-electron chi connectivity index (χ0n) is 7.15. The third kappa shape index (κ3) is 2.54. The topological polar surface area (TPSA) is 43.1 Å². The molecule has 0 fully saturated rings. The number of hydrogen-bond donors (Lipinski definition) is 1. The van der Waals surface area contributed by atoms with Crippen molar-refractivity contribution in [3.8, 4) is 0 Å². The molecule has 2 N–H and O–H groups in total. The van der Waals surface area contributed by atoms with Gasteiger partial charge in [-0.25, -0.2) is 0 Å². The minimum atomic E-state index is -2.18. The van der Waals surface area contributed by atoms with E-state index in [0.717, 1.165) is 5.30 Å². The van der Waals surface area contributed by atoms with Crippen molar-refractivity contribution in [2.45, 2.75) is 0 Å². The Morgan fingerprint density at radius 1 is 1.25 bits per heavy atom. The minimum absolute atomic E-state index is 0. The van der Waals surface area contributed by atoms with E-state index in [-0.39, 0.29) is 12.4 Å². The average Bonchev–Trinajstić information content (AvgIpc) is 1.86. The van der Waals surface area contributed by atoms with Gasteiger partial charge in [-0.2, -0.15) is 0 Å². The van der Waals surface area contributed by atoms with Gasteiger partial charge in [-0.3, -0.25) is 0 Å². The van der Waals surface area contributed by atoms with Crippen molar-refractivity contribution in [3.63, 3.8) is 0 Å². The van der Waals surface area contributed by atoms with E-state index in [9.17, 15) is 4.57 Å². The highest BCUT2D eigenvalue weighted by molar-refractivity contribution is 7.70. The summed E-state index contributed by atoms with van der Waals surface area (Å²) < 4.78 is 11.6. The maximum atomic E-state index is 11.6. The van der Waals surface area contributed by atoms with E-state index in [1.54, 1.807) is 19.4 Å². The molecule has 0 bridgehead atoms. The molecule has 0 atom stereocenters. The summed E-state index contributed by atoms with van der Waals surface area (Å²) in [4.78, 5) is 0. The van der Waals surface area contributed by atoms with Gasteiger partial charge in [-0.15, -0.1) is 12.4 Å². The van der Waals surface area contributed by atoms with Crippen LogP contribution in [-0.4, -0.2) is 13.3 Å². The summed E-state index contributed by atoms with van der Waals surface area (Å²) in [7, 11) is -2.18. The van der Waals surface area contributed by atoms with Gasteiger partial charge < -0.3 is 10.3 Å². The summed E-state index contributed by atoms with van der Waals surface area (Å²) in [5, 5.41) is 0.778. The number of nitrogen functional groups attached to an aromatic ring is 1. The molecule has 0 aliphatic carbocycles. The van der Waals surface area contributed by atoms with Crippen LogP contribution < -0.4 is 11.0 Å². The van der Waals surface area contributed by atoms with Crippen LogP contribution >= 0.6 is 19.5 Å². The quantitative estimate of drug-likeness (QED) is 0.563. The van der Waals surface area contributed by atoms with E-state index < -0.39 is 7.14 Å². The van der Waals surface area contributed by atoms with Crippen LogP contribution in [0.5, 0.6) is 0 Å². The van der Waals surface area contributed by atoms with E-state index in [1.165, 1.54) is 0 Å². The van der Waals surface area contributed by atoms with Crippen LogP contribution in [0.2, 0.25) is 0 Å². The number of benzene rings is 1. The number of anilines is 1. The van der Waals surface area contributed by atoms with Gasteiger partial charge >= 0.3 is 0 Å². The summed E-state index contributed by atoms with van der Waals surface area (Å²) in [6, 6.07) is 7.28. The zero-order chi connectivity index (χ0) is 8.48. The number of hydrogen-bond acceptors (Lipinski definition) is 2. The van der Waals surface area contributed by atoms with Gasteiger partial charge in [-0.1, -0.05) is 12.1 Å². The van der Waals surface area contributed by atoms with Crippen LogP contribution in [0.1, 0.15) is 0 Å². The molecule has 1 aromatic rings. The molecular weight excluding hydrogens is 193 g/mol. The fraction of sp³-hybridized carbons (Fsp3) is 0.250. The van der Waals surface area contributed by atoms with Crippen molar-refractivity contribution in [3.05, 3.63) is 24.3 Å². The van der Waals surface area contributed by atoms with Gasteiger partial charge in [0.05, 0.1) is 0 Å². The van der Waals surface area contributed by atoms with E-state index in [0.29, 0.717) is 5.69 Å². The van der Waals surface area contributed by atoms with E-state index in [2.05, 4.69) is 0 Å². The molecule has 0 saturated heterocycles. The maximum Gasteiger partial charge on any atom is 0.111 e. The first kappa shape index (κ1) is 11.5. The van der Waals surface area contributed by atoms with Gasteiger partial charge in [0, 0.05) is 11.0 Å². The summed E-state index contributed by atoms with van der Waals surface area (Å²) in [5.74, 6) is 0. The number of rotatable bonds is 1. The maximum absolute atomic E-state index is 11.6. The lowest BCUT2D eigenvalue weighted by atomic mass is 10.3. The van der Waals surface area contributed by atoms with Gasteiger partial charge in [0.2, 0.25) is 0 Å². The fourth-order valence-electron chi connectivity index (χ4n) is 0.978. The van der Waals surface area contributed by atoms with Crippen LogP contribution in [0.25, 0.3) is 0 Å². The lowest BCUT2D eigenvalue weighted by molar-refractivity contribution is 0.588. The molecule has 2 nitrogen and oxygen atoms in total. The lowest BCUT2D eigenvalue weighted by Gasteiger charge is -2.08. The zero-order valence-corrected chi connectivity index (χ0v) is 8.86. The largest absolute Gasteiger partial charge is 0.398 e. The van der Waals surface area contributed by atoms with E-state index in [4.69, 9.17) is 5.73 Å². The highest BCUT2D eigenvalue weighted by Crippen LogP contribution is 2.36. The standard InChI is InChI=1S/C8H12NOP.ClH/c1-11(2,10)8-6-4-3-5-7(8)9;/h3-6H,9H2,1-2H3;1H. The Labute approximate surface area is 78.9 Å². The second-order valence-corrected chi connectivity index (χ2v) is 6.09. The smallest absolute Gasteiger partial charge is 0.111 e. The Kier molecular flexibility index (Phi) is 3.82. The number of para-hydroxylation sites is 1. The molecule has 0 aliphatic rings. The molecule has 1 rings (SSSR count). The molecule has 0 spiro atoms. The molecule has 0 aromatic heterocycles. The number of halogens is 1. The predicted octanol–water partition coefficient (Wildman–Crippen LogP) is 1.94. The summed E-state index contributed by atoms with van der Waals surface area (Å²) in [5.41, 5.74) is 6.26. The monoisotopic (exact) mass is 205 g/mol. The first-order valence-corrected chi connectivity index (χ1v) is 6.02. The normalized spacial score (nSPS) is 10.5. The molecule has 0 radical (unpaired) electrons. The Bertz CT molecular complexity index is 308. The molecule has 12 heavy (non-hydrogen) atoms. The van der Waals surface area contributed by atoms with Crippen LogP contribution in [0.3, 0.4) is 0 Å². The van der Waals surface area contributed by atoms with Gasteiger partial charge in [0.1, 0.15) is 7.14 Å². The minimum Gasteiger partial charge on any atom is -0.398 e. The Balaban J connectivity index is 0.00000121. The van der Waals surface area contributed by atoms with Crippen LogP contribution in [-0.2, 0) is 4.57 Å². The average molecular weight is 206 g/mol. The van der Waals surface area contributed by atoms with Gasteiger partial charge in [0.25, 0.3) is 0 Å². The van der Waals surface area contributed by atoms with Crippen LogP contribution in [0.15, 0.2) is 24.3 Å². The van der Waals surface area contributed by atoms with E-state index in [1.807, 2.05) is 18.2 Å². The summed E-state index contributed by atoms with van der Waals surface area (Å²) >= 11 is 0. The Morgan fingerprint density at radius 2 is 1.75 bits per heavy atom. The molecule has 0 saturated carbocycles. The highest BCUT2D eigenvalue weighted by Gasteiger charge is 2.12. The molecule has 68 valence electrons. The summed E-state index contributed by atoms with van der Waals surface area (Å²) in [6.07, 6.45) is 0. The second-order valence-electron chi connectivity index (χ2n) is 2.91. The van der Waals surface area contributed by atoms with Gasteiger partial charge in [0.15, 0.2) is 0 Å². The van der Waals surface area contributed by atoms with Crippen LogP contribution in [0, 0.1) is 0 Å². The van der Waals surface area contributed by atoms with E-state index >= 15 is 0 Å². The molecule has 0 aliphatic heterocycles. The first-order chi connectivity index (χ1) is 5.02. The Hall–Kier alpha value is -0.460. The third-order valence-corrected chi connectivity index (χ3v) is 3.08. The fourth-order valence-corrected chi connectivity index (χ4v) is 2.12. The first-order valence-electron chi connectivity index (χ1n) is 3.42. The third-order valence-electron chi connectivity index (χ3n) is 1.52. The molecular formula is C8H13ClNOP. The molecule has 0 unspecified atom stereocenters. The van der Waals surface area contributed by atoms with Crippen molar-refractivity contribution in [2.75, 3.05) is 19.1 Å². The molecule has 0 amide bonds. The van der Waals surface area contributed by atoms with Crippen molar-refractivity contribution in [2.24, 2.45) is 0 Å². The molecule has 1 aromatic carbocycles. The highest BCUT2D eigenvalue weighted by atomic mass is 35.5. The van der Waals surface area contributed by atoms with Crippen molar-refractivity contribution < 1.29 is 4.57 Å². The van der Waals surface area contributed by atoms with Gasteiger partial charge in [-0.05, 0) is 25.5 Å². The molecule has 0 heterocycles. The SMILES string of the molecule is CP(C)(=O)c1ccccc1N.Cl. The predicted molar refractivity (Wildman–Crippen MR) is 57.2 cm³/mol.